The molecule has 2 N–H and O–H groups in total. The van der Waals surface area contributed by atoms with Gasteiger partial charge in [0.05, 0.1) is 0 Å². The summed E-state index contributed by atoms with van der Waals surface area (Å²) in [5, 5.41) is 6.36. The van der Waals surface area contributed by atoms with Gasteiger partial charge in [0.15, 0.2) is 0 Å². The van der Waals surface area contributed by atoms with Crippen LogP contribution in [-0.2, 0) is 11.3 Å². The molecule has 2 rings (SSSR count). The number of para-hydroxylation sites is 1. The third kappa shape index (κ3) is 5.80. The molecule has 0 radical (unpaired) electrons. The lowest BCUT2D eigenvalue weighted by atomic mass is 9.97. The maximum absolute atomic E-state index is 12.3. The zero-order chi connectivity index (χ0) is 17.2. The minimum Gasteiger partial charge on any atom is -0.492 e. The van der Waals surface area contributed by atoms with Crippen LogP contribution >= 0.6 is 0 Å². The molecule has 0 aliphatic carbocycles. The highest BCUT2D eigenvalue weighted by atomic mass is 16.5. The largest absolute Gasteiger partial charge is 0.492 e. The highest BCUT2D eigenvalue weighted by Crippen LogP contribution is 2.18. The van der Waals surface area contributed by atoms with Crippen LogP contribution < -0.4 is 15.4 Å². The number of carbonyl (C=O) groups excluding carboxylic acids is 1. The van der Waals surface area contributed by atoms with Gasteiger partial charge in [-0.2, -0.15) is 0 Å². The van der Waals surface area contributed by atoms with Gasteiger partial charge in [0.25, 0.3) is 0 Å². The highest BCUT2D eigenvalue weighted by molar-refractivity contribution is 5.78. The van der Waals surface area contributed by atoms with Crippen molar-refractivity contribution < 1.29 is 9.53 Å². The lowest BCUT2D eigenvalue weighted by Gasteiger charge is -2.22. The van der Waals surface area contributed by atoms with Crippen molar-refractivity contribution in [3.05, 3.63) is 29.8 Å². The van der Waals surface area contributed by atoms with E-state index in [4.69, 9.17) is 4.74 Å². The molecule has 1 aliphatic rings. The Morgan fingerprint density at radius 3 is 2.67 bits per heavy atom. The molecule has 0 bridgehead atoms. The van der Waals surface area contributed by atoms with Gasteiger partial charge in [0.2, 0.25) is 5.91 Å². The molecule has 0 atom stereocenters. The number of benzene rings is 1. The van der Waals surface area contributed by atoms with Gasteiger partial charge in [-0.3, -0.25) is 4.79 Å². The number of hydrogen-bond donors (Lipinski definition) is 2. The van der Waals surface area contributed by atoms with Gasteiger partial charge < -0.3 is 20.3 Å². The summed E-state index contributed by atoms with van der Waals surface area (Å²) in [4.78, 5) is 14.6. The summed E-state index contributed by atoms with van der Waals surface area (Å²) in [7, 11) is 0. The van der Waals surface area contributed by atoms with Crippen LogP contribution in [-0.4, -0.2) is 50.1 Å². The average molecular weight is 333 g/mol. The molecule has 0 saturated carbocycles. The van der Waals surface area contributed by atoms with Crippen molar-refractivity contribution in [3.8, 4) is 5.75 Å². The van der Waals surface area contributed by atoms with E-state index in [1.165, 1.54) is 0 Å². The Bertz CT molecular complexity index is 497. The van der Waals surface area contributed by atoms with Crippen molar-refractivity contribution >= 4 is 5.91 Å². The zero-order valence-electron chi connectivity index (χ0n) is 15.0. The van der Waals surface area contributed by atoms with E-state index >= 15 is 0 Å². The van der Waals surface area contributed by atoms with E-state index in [1.807, 2.05) is 24.3 Å². The van der Waals surface area contributed by atoms with Crippen molar-refractivity contribution in [2.45, 2.75) is 33.2 Å². The number of likely N-dealkylation sites (N-methyl/N-ethyl adjacent to an activating group) is 1. The Balaban J connectivity index is 1.83. The van der Waals surface area contributed by atoms with Crippen LogP contribution in [0.15, 0.2) is 24.3 Å². The summed E-state index contributed by atoms with van der Waals surface area (Å²) in [5.41, 5.74) is 1.04. The van der Waals surface area contributed by atoms with Crippen LogP contribution in [0.4, 0.5) is 0 Å². The van der Waals surface area contributed by atoms with Crippen LogP contribution in [0.3, 0.4) is 0 Å². The Kier molecular flexibility index (Phi) is 8.05. The molecule has 0 aromatic heterocycles. The number of piperidine rings is 1. The molecule has 1 aromatic carbocycles. The van der Waals surface area contributed by atoms with Gasteiger partial charge in [-0.25, -0.2) is 0 Å². The standard InChI is InChI=1S/C19H31N3O2/c1-3-22(4-2)13-14-24-18-8-6-5-7-17(18)15-21-19(23)16-9-11-20-12-10-16/h5-8,16,20H,3-4,9-15H2,1-2H3,(H,21,23). The van der Waals surface area contributed by atoms with Crippen LogP contribution in [0.1, 0.15) is 32.3 Å². The van der Waals surface area contributed by atoms with Crippen LogP contribution in [0.25, 0.3) is 0 Å². The second kappa shape index (κ2) is 10.3. The first kappa shape index (κ1) is 18.7. The SMILES string of the molecule is CCN(CC)CCOc1ccccc1CNC(=O)C1CCNCC1. The van der Waals surface area contributed by atoms with Gasteiger partial charge in [0, 0.05) is 24.6 Å². The third-order valence-electron chi connectivity index (χ3n) is 4.70. The lowest BCUT2D eigenvalue weighted by molar-refractivity contribution is -0.125. The Hall–Kier alpha value is -1.59. The number of nitrogens with one attached hydrogen (secondary N) is 2. The van der Waals surface area contributed by atoms with E-state index in [0.29, 0.717) is 13.2 Å². The molecular formula is C19H31N3O2. The second-order valence-corrected chi connectivity index (χ2v) is 6.23. The second-order valence-electron chi connectivity index (χ2n) is 6.23. The zero-order valence-corrected chi connectivity index (χ0v) is 15.0. The van der Waals surface area contributed by atoms with E-state index in [1.54, 1.807) is 0 Å². The monoisotopic (exact) mass is 333 g/mol. The molecule has 0 unspecified atom stereocenters. The van der Waals surface area contributed by atoms with Crippen molar-refractivity contribution in [3.63, 3.8) is 0 Å². The van der Waals surface area contributed by atoms with Crippen molar-refractivity contribution in [2.75, 3.05) is 39.3 Å². The summed E-state index contributed by atoms with van der Waals surface area (Å²) in [6.07, 6.45) is 1.85. The van der Waals surface area contributed by atoms with Crippen LogP contribution in [0.2, 0.25) is 0 Å². The first-order chi connectivity index (χ1) is 11.7. The Morgan fingerprint density at radius 2 is 1.96 bits per heavy atom. The van der Waals surface area contributed by atoms with Crippen LogP contribution in [0, 0.1) is 5.92 Å². The minimum atomic E-state index is 0.141. The lowest BCUT2D eigenvalue weighted by Crippen LogP contribution is -2.37. The Labute approximate surface area is 145 Å². The van der Waals surface area contributed by atoms with Crippen LogP contribution in [0.5, 0.6) is 5.75 Å². The summed E-state index contributed by atoms with van der Waals surface area (Å²) >= 11 is 0. The van der Waals surface area contributed by atoms with E-state index in [2.05, 4.69) is 29.4 Å². The minimum absolute atomic E-state index is 0.141. The molecule has 1 fully saturated rings. The molecular weight excluding hydrogens is 302 g/mol. The molecule has 1 aromatic rings. The van der Waals surface area contributed by atoms with Crippen molar-refractivity contribution in [1.82, 2.24) is 15.5 Å². The maximum atomic E-state index is 12.3. The Morgan fingerprint density at radius 1 is 1.25 bits per heavy atom. The topological polar surface area (TPSA) is 53.6 Å². The summed E-state index contributed by atoms with van der Waals surface area (Å²) in [6.45, 7) is 10.4. The van der Waals surface area contributed by atoms with E-state index in [0.717, 1.165) is 56.9 Å². The van der Waals surface area contributed by atoms with Gasteiger partial charge in [0.1, 0.15) is 12.4 Å². The highest BCUT2D eigenvalue weighted by Gasteiger charge is 2.20. The maximum Gasteiger partial charge on any atom is 0.223 e. The molecule has 1 aliphatic heterocycles. The molecule has 24 heavy (non-hydrogen) atoms. The van der Waals surface area contributed by atoms with Gasteiger partial charge in [-0.05, 0) is 45.1 Å². The molecule has 5 nitrogen and oxygen atoms in total. The fourth-order valence-corrected chi connectivity index (χ4v) is 3.03. The number of hydrogen-bond acceptors (Lipinski definition) is 4. The molecule has 5 heteroatoms. The van der Waals surface area contributed by atoms with E-state index in [-0.39, 0.29) is 11.8 Å². The molecule has 1 heterocycles. The normalized spacial score (nSPS) is 15.5. The van der Waals surface area contributed by atoms with E-state index in [9.17, 15) is 4.79 Å². The molecule has 1 saturated heterocycles. The molecule has 1 amide bonds. The van der Waals surface area contributed by atoms with Crippen molar-refractivity contribution in [2.24, 2.45) is 5.92 Å². The molecule has 134 valence electrons. The molecule has 0 spiro atoms. The predicted octanol–water partition coefficient (Wildman–Crippen LogP) is 2.02. The number of carbonyl (C=O) groups is 1. The number of rotatable bonds is 9. The first-order valence-corrected chi connectivity index (χ1v) is 9.16. The number of nitrogens with zero attached hydrogens (tertiary/aromatic N) is 1. The van der Waals surface area contributed by atoms with Gasteiger partial charge in [-0.15, -0.1) is 0 Å². The summed E-state index contributed by atoms with van der Waals surface area (Å²) in [6, 6.07) is 7.97. The smallest absolute Gasteiger partial charge is 0.223 e. The average Bonchev–Trinajstić information content (AvgIpc) is 2.65. The van der Waals surface area contributed by atoms with Crippen molar-refractivity contribution in [1.29, 1.82) is 0 Å². The summed E-state index contributed by atoms with van der Waals surface area (Å²) in [5.74, 6) is 1.17. The fourth-order valence-electron chi connectivity index (χ4n) is 3.03. The third-order valence-corrected chi connectivity index (χ3v) is 4.70. The van der Waals surface area contributed by atoms with E-state index < -0.39 is 0 Å². The first-order valence-electron chi connectivity index (χ1n) is 9.16. The quantitative estimate of drug-likeness (QED) is 0.726. The summed E-state index contributed by atoms with van der Waals surface area (Å²) < 4.78 is 5.95. The fraction of sp³-hybridized carbons (Fsp3) is 0.632. The van der Waals surface area contributed by atoms with Gasteiger partial charge >= 0.3 is 0 Å². The predicted molar refractivity (Wildman–Crippen MR) is 97.2 cm³/mol. The number of amides is 1. The van der Waals surface area contributed by atoms with Gasteiger partial charge in [-0.1, -0.05) is 32.0 Å². The number of ether oxygens (including phenoxy) is 1.